The van der Waals surface area contributed by atoms with Gasteiger partial charge in [-0.15, -0.1) is 0 Å². The summed E-state index contributed by atoms with van der Waals surface area (Å²) in [5.74, 6) is 1.84. The van der Waals surface area contributed by atoms with Gasteiger partial charge in [-0.05, 0) is 85.4 Å². The number of ether oxygens (including phenoxy) is 1. The number of pyridine rings is 1. The quantitative estimate of drug-likeness (QED) is 0.407. The van der Waals surface area contributed by atoms with Crippen LogP contribution in [-0.2, 0) is 4.79 Å². The molecule has 6 rings (SSSR count). The fourth-order valence-electron chi connectivity index (χ4n) is 5.84. The second kappa shape index (κ2) is 7.58. The first-order valence-corrected chi connectivity index (χ1v) is 11.6. The van der Waals surface area contributed by atoms with Gasteiger partial charge in [0.2, 0.25) is 5.91 Å². The number of fused-ring (bicyclic) bond motifs is 3. The number of hydrogen-bond acceptors (Lipinski definition) is 3. The van der Waals surface area contributed by atoms with Crippen molar-refractivity contribution in [3.8, 4) is 5.75 Å². The van der Waals surface area contributed by atoms with Gasteiger partial charge in [0.15, 0.2) is 0 Å². The largest absolute Gasteiger partial charge is 0.490 e. The molecule has 2 heterocycles. The van der Waals surface area contributed by atoms with E-state index >= 15 is 0 Å². The Balaban J connectivity index is 1.08. The highest BCUT2D eigenvalue weighted by atomic mass is 19.1. The molecule has 5 nitrogen and oxygen atoms in total. The summed E-state index contributed by atoms with van der Waals surface area (Å²) in [5.41, 5.74) is 3.69. The summed E-state index contributed by atoms with van der Waals surface area (Å²) < 4.78 is 20.0. The summed E-state index contributed by atoms with van der Waals surface area (Å²) in [6.45, 7) is 4.06. The number of carbonyl (C=O) groups is 1. The third kappa shape index (κ3) is 3.63. The maximum atomic E-state index is 13.7. The number of nitrogens with zero attached hydrogens (tertiary/aromatic N) is 1. The van der Waals surface area contributed by atoms with Gasteiger partial charge >= 0.3 is 0 Å². The van der Waals surface area contributed by atoms with Crippen LogP contribution in [0.3, 0.4) is 0 Å². The Morgan fingerprint density at radius 2 is 1.97 bits per heavy atom. The second-order valence-corrected chi connectivity index (χ2v) is 9.62. The standard InChI is InChI=1S/C27H26FN3O2/c1-14-9-16-3-5-18(11-24(16)30-14)31-27(32)15(2)26-20-12-19(13-21(20)26)33-25-7-8-29-23-6-4-17(28)10-22(23)25/h3-11,15,19-21,26,30H,12-13H2,1-2H3,(H,31,32). The smallest absolute Gasteiger partial charge is 0.227 e. The molecule has 0 radical (unpaired) electrons. The molecule has 2 aliphatic rings. The number of hydrogen-bond donors (Lipinski definition) is 2. The van der Waals surface area contributed by atoms with Crippen molar-refractivity contribution in [1.82, 2.24) is 9.97 Å². The number of carbonyl (C=O) groups excluding carboxylic acids is 1. The van der Waals surface area contributed by atoms with E-state index in [4.69, 9.17) is 4.74 Å². The lowest BCUT2D eigenvalue weighted by atomic mass is 9.97. The molecule has 2 saturated carbocycles. The normalized spacial score (nSPS) is 24.6. The SMILES string of the molecule is Cc1cc2ccc(NC(=O)C(C)C3C4CC(Oc5ccnc6ccc(F)cc56)CC43)cc2[nH]1. The zero-order valence-corrected chi connectivity index (χ0v) is 18.6. The molecule has 0 bridgehead atoms. The molecular weight excluding hydrogens is 417 g/mol. The highest BCUT2D eigenvalue weighted by molar-refractivity contribution is 5.95. The number of benzene rings is 2. The van der Waals surface area contributed by atoms with Crippen molar-refractivity contribution in [2.45, 2.75) is 32.8 Å². The van der Waals surface area contributed by atoms with E-state index in [-0.39, 0.29) is 23.7 Å². The van der Waals surface area contributed by atoms with Gasteiger partial charge in [-0.3, -0.25) is 9.78 Å². The lowest BCUT2D eigenvalue weighted by Crippen LogP contribution is -2.25. The van der Waals surface area contributed by atoms with Crippen LogP contribution in [0.15, 0.2) is 54.7 Å². The van der Waals surface area contributed by atoms with Gasteiger partial charge in [-0.1, -0.05) is 13.0 Å². The summed E-state index contributed by atoms with van der Waals surface area (Å²) in [6, 6.07) is 14.5. The van der Waals surface area contributed by atoms with E-state index in [9.17, 15) is 9.18 Å². The molecule has 2 aliphatic carbocycles. The molecule has 6 heteroatoms. The molecule has 2 fully saturated rings. The average molecular weight is 444 g/mol. The van der Waals surface area contributed by atoms with Gasteiger partial charge in [0.1, 0.15) is 11.6 Å². The Labute approximate surface area is 191 Å². The summed E-state index contributed by atoms with van der Waals surface area (Å²) in [5, 5.41) is 4.95. The molecule has 2 N–H and O–H groups in total. The lowest BCUT2D eigenvalue weighted by Gasteiger charge is -2.20. The van der Waals surface area contributed by atoms with Gasteiger partial charge < -0.3 is 15.0 Å². The molecule has 0 spiro atoms. The number of rotatable bonds is 5. The Morgan fingerprint density at radius 3 is 2.79 bits per heavy atom. The average Bonchev–Trinajstić information content (AvgIpc) is 3.10. The number of aromatic amines is 1. The van der Waals surface area contributed by atoms with Crippen LogP contribution in [0, 0.1) is 36.4 Å². The van der Waals surface area contributed by atoms with E-state index in [0.717, 1.165) is 40.6 Å². The maximum absolute atomic E-state index is 13.7. The number of H-pyrrole nitrogens is 1. The minimum Gasteiger partial charge on any atom is -0.490 e. The van der Waals surface area contributed by atoms with Crippen LogP contribution < -0.4 is 10.1 Å². The van der Waals surface area contributed by atoms with Gasteiger partial charge in [0, 0.05) is 34.4 Å². The monoisotopic (exact) mass is 443 g/mol. The topological polar surface area (TPSA) is 67.0 Å². The summed E-state index contributed by atoms with van der Waals surface area (Å²) in [7, 11) is 0. The fourth-order valence-corrected chi connectivity index (χ4v) is 5.84. The van der Waals surface area contributed by atoms with E-state index in [1.807, 2.05) is 38.1 Å². The van der Waals surface area contributed by atoms with Crippen molar-refractivity contribution in [1.29, 1.82) is 0 Å². The molecule has 3 unspecified atom stereocenters. The molecule has 168 valence electrons. The Bertz CT molecular complexity index is 1370. The third-order valence-corrected chi connectivity index (χ3v) is 7.44. The number of amides is 1. The van der Waals surface area contributed by atoms with Gasteiger partial charge in [0.05, 0.1) is 11.6 Å². The molecular formula is C27H26FN3O2. The Hall–Kier alpha value is -3.41. The molecule has 4 aromatic rings. The molecule has 1 amide bonds. The first-order chi connectivity index (χ1) is 16.0. The van der Waals surface area contributed by atoms with E-state index in [0.29, 0.717) is 28.9 Å². The molecule has 0 saturated heterocycles. The highest BCUT2D eigenvalue weighted by Crippen LogP contribution is 2.61. The van der Waals surface area contributed by atoms with Crippen LogP contribution in [0.25, 0.3) is 21.8 Å². The van der Waals surface area contributed by atoms with Crippen LogP contribution in [0.1, 0.15) is 25.5 Å². The van der Waals surface area contributed by atoms with Gasteiger partial charge in [-0.25, -0.2) is 4.39 Å². The maximum Gasteiger partial charge on any atom is 0.227 e. The highest BCUT2D eigenvalue weighted by Gasteiger charge is 2.59. The Morgan fingerprint density at radius 1 is 1.15 bits per heavy atom. The van der Waals surface area contributed by atoms with E-state index in [1.54, 1.807) is 12.3 Å². The van der Waals surface area contributed by atoms with Crippen molar-refractivity contribution < 1.29 is 13.9 Å². The lowest BCUT2D eigenvalue weighted by molar-refractivity contribution is -0.120. The van der Waals surface area contributed by atoms with Crippen LogP contribution in [-0.4, -0.2) is 22.0 Å². The van der Waals surface area contributed by atoms with E-state index < -0.39 is 0 Å². The molecule has 3 atom stereocenters. The number of aromatic nitrogens is 2. The van der Waals surface area contributed by atoms with Crippen molar-refractivity contribution in [2.75, 3.05) is 5.32 Å². The summed E-state index contributed by atoms with van der Waals surface area (Å²) in [6.07, 6.45) is 3.66. The third-order valence-electron chi connectivity index (χ3n) is 7.44. The van der Waals surface area contributed by atoms with Gasteiger partial charge in [0.25, 0.3) is 0 Å². The molecule has 33 heavy (non-hydrogen) atoms. The van der Waals surface area contributed by atoms with Crippen LogP contribution in [0.4, 0.5) is 10.1 Å². The summed E-state index contributed by atoms with van der Waals surface area (Å²) in [4.78, 5) is 20.5. The minimum absolute atomic E-state index is 0.0436. The van der Waals surface area contributed by atoms with E-state index in [1.165, 1.54) is 12.1 Å². The first-order valence-electron chi connectivity index (χ1n) is 11.6. The van der Waals surface area contributed by atoms with Gasteiger partial charge in [-0.2, -0.15) is 0 Å². The predicted molar refractivity (Wildman–Crippen MR) is 127 cm³/mol. The second-order valence-electron chi connectivity index (χ2n) is 9.62. The van der Waals surface area contributed by atoms with Crippen LogP contribution >= 0.6 is 0 Å². The van der Waals surface area contributed by atoms with Crippen molar-refractivity contribution in [2.24, 2.45) is 23.7 Å². The molecule has 2 aromatic carbocycles. The molecule has 2 aromatic heterocycles. The fraction of sp³-hybridized carbons (Fsp3) is 0.333. The zero-order chi connectivity index (χ0) is 22.7. The number of nitrogens with one attached hydrogen (secondary N) is 2. The molecule has 0 aliphatic heterocycles. The van der Waals surface area contributed by atoms with Crippen molar-refractivity contribution in [3.63, 3.8) is 0 Å². The van der Waals surface area contributed by atoms with Crippen molar-refractivity contribution >= 4 is 33.4 Å². The van der Waals surface area contributed by atoms with Crippen molar-refractivity contribution in [3.05, 3.63) is 66.2 Å². The van der Waals surface area contributed by atoms with E-state index in [2.05, 4.69) is 21.4 Å². The first kappa shape index (κ1) is 20.2. The Kier molecular flexibility index (Phi) is 4.64. The van der Waals surface area contributed by atoms with Crippen LogP contribution in [0.2, 0.25) is 0 Å². The minimum atomic E-state index is -0.292. The number of halogens is 1. The predicted octanol–water partition coefficient (Wildman–Crippen LogP) is 5.84. The van der Waals surface area contributed by atoms with Crippen LogP contribution in [0.5, 0.6) is 5.75 Å². The number of aryl methyl sites for hydroxylation is 1. The summed E-state index contributed by atoms with van der Waals surface area (Å²) >= 11 is 0. The number of anilines is 1. The zero-order valence-electron chi connectivity index (χ0n) is 18.6.